The molecule has 0 aromatic heterocycles. The van der Waals surface area contributed by atoms with Gasteiger partial charge in [0.15, 0.2) is 0 Å². The highest BCUT2D eigenvalue weighted by Crippen LogP contribution is 2.22. The van der Waals surface area contributed by atoms with Gasteiger partial charge >= 0.3 is 5.97 Å². The van der Waals surface area contributed by atoms with Crippen molar-refractivity contribution in [1.82, 2.24) is 5.32 Å². The summed E-state index contributed by atoms with van der Waals surface area (Å²) in [5.74, 6) is 0.164. The summed E-state index contributed by atoms with van der Waals surface area (Å²) < 4.78 is 0.719. The van der Waals surface area contributed by atoms with E-state index < -0.39 is 5.97 Å². The standard InChI is InChI=1S/C11H11BrN2O3S/c12-6-1-2-7(11(16)17)8(3-6)14-10(15)9-4-18-5-13-9/h1-3,9,13H,4-5H2,(H,14,15)(H,16,17). The summed E-state index contributed by atoms with van der Waals surface area (Å²) >= 11 is 4.89. The van der Waals surface area contributed by atoms with Crippen molar-refractivity contribution in [3.05, 3.63) is 28.2 Å². The van der Waals surface area contributed by atoms with E-state index in [-0.39, 0.29) is 17.5 Å². The van der Waals surface area contributed by atoms with Gasteiger partial charge in [-0.2, -0.15) is 0 Å². The first kappa shape index (κ1) is 13.4. The quantitative estimate of drug-likeness (QED) is 0.786. The molecule has 2 rings (SSSR count). The second kappa shape index (κ2) is 5.73. The fraction of sp³-hybridized carbons (Fsp3) is 0.273. The number of halogens is 1. The number of aromatic carboxylic acids is 1. The molecule has 18 heavy (non-hydrogen) atoms. The maximum absolute atomic E-state index is 11.9. The molecule has 1 fully saturated rings. The van der Waals surface area contributed by atoms with Crippen LogP contribution in [0.1, 0.15) is 10.4 Å². The Morgan fingerprint density at radius 2 is 2.28 bits per heavy atom. The van der Waals surface area contributed by atoms with Gasteiger partial charge < -0.3 is 10.4 Å². The topological polar surface area (TPSA) is 78.4 Å². The zero-order valence-electron chi connectivity index (χ0n) is 9.27. The molecule has 7 heteroatoms. The Balaban J connectivity index is 2.19. The zero-order valence-corrected chi connectivity index (χ0v) is 11.7. The Hall–Kier alpha value is -1.05. The monoisotopic (exact) mass is 330 g/mol. The van der Waals surface area contributed by atoms with Crippen molar-refractivity contribution < 1.29 is 14.7 Å². The van der Waals surface area contributed by atoms with Crippen LogP contribution in [0, 0.1) is 0 Å². The molecule has 1 aromatic carbocycles. The number of thioether (sulfide) groups is 1. The van der Waals surface area contributed by atoms with Crippen LogP contribution in [0.2, 0.25) is 0 Å². The van der Waals surface area contributed by atoms with Crippen molar-refractivity contribution in [2.24, 2.45) is 0 Å². The number of carbonyl (C=O) groups excluding carboxylic acids is 1. The molecule has 0 radical (unpaired) electrons. The molecule has 1 unspecified atom stereocenters. The first-order chi connectivity index (χ1) is 8.58. The van der Waals surface area contributed by atoms with Gasteiger partial charge in [-0.05, 0) is 18.2 Å². The van der Waals surface area contributed by atoms with Crippen LogP contribution >= 0.6 is 27.7 Å². The maximum Gasteiger partial charge on any atom is 0.337 e. The van der Waals surface area contributed by atoms with E-state index in [4.69, 9.17) is 5.11 Å². The summed E-state index contributed by atoms with van der Waals surface area (Å²) in [5, 5.41) is 14.7. The van der Waals surface area contributed by atoms with E-state index in [9.17, 15) is 9.59 Å². The van der Waals surface area contributed by atoms with Crippen LogP contribution in [-0.2, 0) is 4.79 Å². The number of carboxylic acid groups (broad SMARTS) is 1. The second-order valence-corrected chi connectivity index (χ2v) is 5.70. The summed E-state index contributed by atoms with van der Waals surface area (Å²) in [6, 6.07) is 4.40. The lowest BCUT2D eigenvalue weighted by Crippen LogP contribution is -2.37. The summed E-state index contributed by atoms with van der Waals surface area (Å²) in [6.45, 7) is 0. The molecule has 1 atom stereocenters. The molecule has 0 bridgehead atoms. The first-order valence-corrected chi connectivity index (χ1v) is 7.17. The van der Waals surface area contributed by atoms with Gasteiger partial charge in [-0.25, -0.2) is 4.79 Å². The fourth-order valence-electron chi connectivity index (χ4n) is 1.59. The van der Waals surface area contributed by atoms with E-state index in [0.29, 0.717) is 11.4 Å². The predicted molar refractivity (Wildman–Crippen MR) is 74.0 cm³/mol. The highest BCUT2D eigenvalue weighted by Gasteiger charge is 2.23. The highest BCUT2D eigenvalue weighted by molar-refractivity contribution is 9.10. The number of amides is 1. The summed E-state index contributed by atoms with van der Waals surface area (Å²) in [5.41, 5.74) is 0.387. The second-order valence-electron chi connectivity index (χ2n) is 3.76. The van der Waals surface area contributed by atoms with Crippen molar-refractivity contribution in [2.45, 2.75) is 6.04 Å². The molecule has 3 N–H and O–H groups in total. The predicted octanol–water partition coefficient (Wildman–Crippen LogP) is 1.75. The van der Waals surface area contributed by atoms with Crippen molar-refractivity contribution in [3.8, 4) is 0 Å². The van der Waals surface area contributed by atoms with Gasteiger partial charge in [-0.1, -0.05) is 15.9 Å². The minimum absolute atomic E-state index is 0.0807. The van der Waals surface area contributed by atoms with E-state index >= 15 is 0 Å². The molecule has 96 valence electrons. The molecule has 0 spiro atoms. The number of hydrogen-bond donors (Lipinski definition) is 3. The molecule has 1 aliphatic rings. The van der Waals surface area contributed by atoms with Crippen molar-refractivity contribution in [1.29, 1.82) is 0 Å². The average molecular weight is 331 g/mol. The van der Waals surface area contributed by atoms with Crippen molar-refractivity contribution in [2.75, 3.05) is 16.9 Å². The Bertz CT molecular complexity index is 489. The van der Waals surface area contributed by atoms with Crippen LogP contribution in [0.25, 0.3) is 0 Å². The SMILES string of the molecule is O=C(O)c1ccc(Br)cc1NC(=O)C1CSCN1. The molecular weight excluding hydrogens is 320 g/mol. The molecule has 5 nitrogen and oxygen atoms in total. The van der Waals surface area contributed by atoms with E-state index in [2.05, 4.69) is 26.6 Å². The van der Waals surface area contributed by atoms with Crippen LogP contribution < -0.4 is 10.6 Å². The van der Waals surface area contributed by atoms with Gasteiger partial charge in [-0.3, -0.25) is 10.1 Å². The van der Waals surface area contributed by atoms with Crippen LogP contribution in [0.3, 0.4) is 0 Å². The molecule has 1 heterocycles. The van der Waals surface area contributed by atoms with Crippen LogP contribution in [0.5, 0.6) is 0 Å². The van der Waals surface area contributed by atoms with Gasteiger partial charge in [-0.15, -0.1) is 11.8 Å². The van der Waals surface area contributed by atoms with Gasteiger partial charge in [0.1, 0.15) is 0 Å². The van der Waals surface area contributed by atoms with Crippen molar-refractivity contribution >= 4 is 45.3 Å². The van der Waals surface area contributed by atoms with E-state index in [1.165, 1.54) is 6.07 Å². The third-order valence-corrected chi connectivity index (χ3v) is 3.94. The van der Waals surface area contributed by atoms with Crippen LogP contribution in [0.4, 0.5) is 5.69 Å². The molecule has 1 aliphatic heterocycles. The molecule has 0 aliphatic carbocycles. The number of benzene rings is 1. The van der Waals surface area contributed by atoms with E-state index in [1.54, 1.807) is 23.9 Å². The summed E-state index contributed by atoms with van der Waals surface area (Å²) in [6.07, 6.45) is 0. The van der Waals surface area contributed by atoms with Gasteiger partial charge in [0.05, 0.1) is 17.3 Å². The molecular formula is C11H11BrN2O3S. The average Bonchev–Trinajstić information content (AvgIpc) is 2.81. The van der Waals surface area contributed by atoms with Gasteiger partial charge in [0, 0.05) is 16.1 Å². The van der Waals surface area contributed by atoms with E-state index in [1.807, 2.05) is 0 Å². The van der Waals surface area contributed by atoms with Crippen LogP contribution in [0.15, 0.2) is 22.7 Å². The number of nitrogens with one attached hydrogen (secondary N) is 2. The van der Waals surface area contributed by atoms with Crippen LogP contribution in [-0.4, -0.2) is 34.7 Å². The summed E-state index contributed by atoms with van der Waals surface area (Å²) in [4.78, 5) is 23.0. The smallest absolute Gasteiger partial charge is 0.337 e. The lowest BCUT2D eigenvalue weighted by Gasteiger charge is -2.12. The molecule has 1 aromatic rings. The minimum Gasteiger partial charge on any atom is -0.478 e. The largest absolute Gasteiger partial charge is 0.478 e. The zero-order chi connectivity index (χ0) is 13.1. The maximum atomic E-state index is 11.9. The number of anilines is 1. The number of carbonyl (C=O) groups is 2. The van der Waals surface area contributed by atoms with Gasteiger partial charge in [0.2, 0.25) is 5.91 Å². The van der Waals surface area contributed by atoms with Gasteiger partial charge in [0.25, 0.3) is 0 Å². The Kier molecular flexibility index (Phi) is 4.26. The number of carboxylic acids is 1. The van der Waals surface area contributed by atoms with E-state index in [0.717, 1.165) is 10.3 Å². The lowest BCUT2D eigenvalue weighted by atomic mass is 10.1. The minimum atomic E-state index is -1.06. The number of rotatable bonds is 3. The van der Waals surface area contributed by atoms with Crippen molar-refractivity contribution in [3.63, 3.8) is 0 Å². The molecule has 1 amide bonds. The number of hydrogen-bond acceptors (Lipinski definition) is 4. The highest BCUT2D eigenvalue weighted by atomic mass is 79.9. The Morgan fingerprint density at radius 1 is 1.50 bits per heavy atom. The lowest BCUT2D eigenvalue weighted by molar-refractivity contribution is -0.117. The molecule has 0 saturated carbocycles. The fourth-order valence-corrected chi connectivity index (χ4v) is 2.89. The molecule has 1 saturated heterocycles. The summed E-state index contributed by atoms with van der Waals surface area (Å²) in [7, 11) is 0. The Labute approximate surface area is 116 Å². The third-order valence-electron chi connectivity index (χ3n) is 2.50. The third kappa shape index (κ3) is 3.04. The Morgan fingerprint density at radius 3 is 2.89 bits per heavy atom. The normalized spacial score (nSPS) is 18.6. The first-order valence-electron chi connectivity index (χ1n) is 5.23.